The summed E-state index contributed by atoms with van der Waals surface area (Å²) in [6.07, 6.45) is 1.62. The van der Waals surface area contributed by atoms with Gasteiger partial charge in [-0.25, -0.2) is 0 Å². The molecule has 7 heteroatoms. The number of methoxy groups -OCH3 is 2. The Hall–Kier alpha value is -3.09. The minimum atomic E-state index is -2.95. The molecule has 0 N–H and O–H groups in total. The summed E-state index contributed by atoms with van der Waals surface area (Å²) in [7, 11) is 2.86. The minimum Gasteiger partial charge on any atom is -0.497 e. The lowest BCUT2D eigenvalue weighted by Crippen LogP contribution is -2.19. The van der Waals surface area contributed by atoms with Gasteiger partial charge in [0.1, 0.15) is 18.1 Å². The summed E-state index contributed by atoms with van der Waals surface area (Å²) in [5, 5.41) is 0. The molecule has 0 aliphatic carbocycles. The smallest absolute Gasteiger partial charge is 0.387 e. The minimum absolute atomic E-state index is 0.0778. The molecule has 1 aliphatic heterocycles. The zero-order chi connectivity index (χ0) is 18.7. The predicted octanol–water partition coefficient (Wildman–Crippen LogP) is 3.96. The van der Waals surface area contributed by atoms with Gasteiger partial charge in [-0.1, -0.05) is 6.07 Å². The molecule has 0 radical (unpaired) electrons. The lowest BCUT2D eigenvalue weighted by atomic mass is 9.98. The Kier molecular flexibility index (Phi) is 5.06. The van der Waals surface area contributed by atoms with Crippen molar-refractivity contribution in [2.45, 2.75) is 6.61 Å². The molecule has 26 heavy (non-hydrogen) atoms. The molecule has 0 atom stereocenters. The van der Waals surface area contributed by atoms with Gasteiger partial charge in [0, 0.05) is 5.57 Å². The summed E-state index contributed by atoms with van der Waals surface area (Å²) < 4.78 is 45.0. The van der Waals surface area contributed by atoms with Crippen molar-refractivity contribution in [3.05, 3.63) is 53.1 Å². The van der Waals surface area contributed by atoms with Crippen LogP contribution in [0.4, 0.5) is 8.78 Å². The quantitative estimate of drug-likeness (QED) is 0.754. The molecule has 0 saturated heterocycles. The fourth-order valence-corrected chi connectivity index (χ4v) is 2.61. The van der Waals surface area contributed by atoms with E-state index in [1.165, 1.54) is 26.4 Å². The number of hydrogen-bond donors (Lipinski definition) is 0. The van der Waals surface area contributed by atoms with Gasteiger partial charge in [0.15, 0.2) is 17.3 Å². The maximum Gasteiger partial charge on any atom is 0.387 e. The van der Waals surface area contributed by atoms with E-state index in [2.05, 4.69) is 4.74 Å². The number of carbonyl (C=O) groups is 1. The Bertz CT molecular complexity index is 861. The number of hydrogen-bond acceptors (Lipinski definition) is 5. The lowest BCUT2D eigenvalue weighted by molar-refractivity contribution is -0.0512. The normalized spacial score (nSPS) is 14.8. The molecule has 0 fully saturated rings. The van der Waals surface area contributed by atoms with E-state index in [1.807, 2.05) is 0 Å². The first-order valence-electron chi connectivity index (χ1n) is 7.70. The van der Waals surface area contributed by atoms with Crippen LogP contribution in [0.2, 0.25) is 0 Å². The summed E-state index contributed by atoms with van der Waals surface area (Å²) in [6.45, 7) is -2.84. The molecule has 0 amide bonds. The maximum absolute atomic E-state index is 12.7. The van der Waals surface area contributed by atoms with E-state index in [9.17, 15) is 13.6 Å². The molecule has 5 nitrogen and oxygen atoms in total. The first-order valence-corrected chi connectivity index (χ1v) is 7.70. The SMILES string of the molecule is COc1ccc2c(c1)C(=O)/C(=C\c1ccc(OC(F)F)c(OC)c1)CO2. The molecule has 0 aromatic heterocycles. The number of Topliss-reactive ketones (excluding diaryl/α,β-unsaturated/α-hetero) is 1. The molecule has 2 aromatic carbocycles. The van der Waals surface area contributed by atoms with E-state index < -0.39 is 6.61 Å². The molecule has 0 saturated carbocycles. The van der Waals surface area contributed by atoms with Crippen molar-refractivity contribution in [2.24, 2.45) is 0 Å². The third-order valence-electron chi connectivity index (χ3n) is 3.85. The Morgan fingerprint density at radius 2 is 1.88 bits per heavy atom. The first-order chi connectivity index (χ1) is 12.5. The molecule has 3 rings (SSSR count). The predicted molar refractivity (Wildman–Crippen MR) is 90.4 cm³/mol. The molecular weight excluding hydrogens is 346 g/mol. The molecule has 0 spiro atoms. The Balaban J connectivity index is 1.91. The fraction of sp³-hybridized carbons (Fsp3) is 0.211. The highest BCUT2D eigenvalue weighted by Crippen LogP contribution is 2.33. The summed E-state index contributed by atoms with van der Waals surface area (Å²) in [4.78, 5) is 12.7. The van der Waals surface area contributed by atoms with E-state index >= 15 is 0 Å². The van der Waals surface area contributed by atoms with Crippen molar-refractivity contribution < 1.29 is 32.5 Å². The number of ether oxygens (including phenoxy) is 4. The van der Waals surface area contributed by atoms with Gasteiger partial charge in [-0.3, -0.25) is 4.79 Å². The summed E-state index contributed by atoms with van der Waals surface area (Å²) in [6, 6.07) is 9.45. The third-order valence-corrected chi connectivity index (χ3v) is 3.85. The molecule has 1 aliphatic rings. The molecule has 136 valence electrons. The van der Waals surface area contributed by atoms with Crippen molar-refractivity contribution >= 4 is 11.9 Å². The van der Waals surface area contributed by atoms with Crippen molar-refractivity contribution in [3.8, 4) is 23.0 Å². The van der Waals surface area contributed by atoms with Crippen LogP contribution >= 0.6 is 0 Å². The van der Waals surface area contributed by atoms with Crippen LogP contribution in [0.5, 0.6) is 23.0 Å². The van der Waals surface area contributed by atoms with Crippen LogP contribution < -0.4 is 18.9 Å². The number of rotatable bonds is 5. The van der Waals surface area contributed by atoms with Gasteiger partial charge in [0.2, 0.25) is 0 Å². The monoisotopic (exact) mass is 362 g/mol. The highest BCUT2D eigenvalue weighted by molar-refractivity contribution is 6.14. The Morgan fingerprint density at radius 3 is 2.58 bits per heavy atom. The average Bonchev–Trinajstić information content (AvgIpc) is 2.64. The largest absolute Gasteiger partial charge is 0.497 e. The molecule has 2 aromatic rings. The van der Waals surface area contributed by atoms with Crippen LogP contribution in [-0.4, -0.2) is 33.2 Å². The van der Waals surface area contributed by atoms with Gasteiger partial charge >= 0.3 is 6.61 Å². The standard InChI is InChI=1S/C19H16F2O5/c1-23-13-4-6-15-14(9-13)18(22)12(10-25-15)7-11-3-5-16(26-19(20)21)17(8-11)24-2/h3-9,19H,10H2,1-2H3/b12-7-. The van der Waals surface area contributed by atoms with Gasteiger partial charge in [-0.05, 0) is 42.0 Å². The summed E-state index contributed by atoms with van der Waals surface area (Å²) >= 11 is 0. The number of fused-ring (bicyclic) bond motifs is 1. The van der Waals surface area contributed by atoms with Crippen LogP contribution in [0.1, 0.15) is 15.9 Å². The molecule has 0 bridgehead atoms. The molecule has 1 heterocycles. The summed E-state index contributed by atoms with van der Waals surface area (Å²) in [5.74, 6) is 0.928. The van der Waals surface area contributed by atoms with E-state index in [0.29, 0.717) is 28.2 Å². The number of carbonyl (C=O) groups excluding carboxylic acids is 1. The van der Waals surface area contributed by atoms with Crippen molar-refractivity contribution in [1.82, 2.24) is 0 Å². The molecular formula is C19H16F2O5. The van der Waals surface area contributed by atoms with Gasteiger partial charge in [-0.2, -0.15) is 8.78 Å². The van der Waals surface area contributed by atoms with E-state index in [4.69, 9.17) is 14.2 Å². The van der Waals surface area contributed by atoms with Gasteiger partial charge in [0.25, 0.3) is 0 Å². The van der Waals surface area contributed by atoms with Crippen molar-refractivity contribution in [3.63, 3.8) is 0 Å². The number of ketones is 1. The second kappa shape index (κ2) is 7.43. The van der Waals surface area contributed by atoms with Crippen molar-refractivity contribution in [2.75, 3.05) is 20.8 Å². The van der Waals surface area contributed by atoms with Crippen LogP contribution in [0.3, 0.4) is 0 Å². The zero-order valence-corrected chi connectivity index (χ0v) is 14.1. The Morgan fingerprint density at radius 1 is 1.08 bits per heavy atom. The third kappa shape index (κ3) is 3.61. The number of alkyl halides is 2. The Labute approximate surface area is 148 Å². The van der Waals surface area contributed by atoms with Crippen LogP contribution in [0.15, 0.2) is 42.0 Å². The molecule has 0 unspecified atom stereocenters. The average molecular weight is 362 g/mol. The number of benzene rings is 2. The summed E-state index contributed by atoms with van der Waals surface area (Å²) in [5.41, 5.74) is 1.43. The lowest BCUT2D eigenvalue weighted by Gasteiger charge is -2.19. The van der Waals surface area contributed by atoms with Gasteiger partial charge in [0.05, 0.1) is 19.8 Å². The van der Waals surface area contributed by atoms with Crippen LogP contribution in [0.25, 0.3) is 6.08 Å². The highest BCUT2D eigenvalue weighted by Gasteiger charge is 2.24. The fourth-order valence-electron chi connectivity index (χ4n) is 2.61. The van der Waals surface area contributed by atoms with E-state index in [-0.39, 0.29) is 23.9 Å². The van der Waals surface area contributed by atoms with Gasteiger partial charge in [-0.15, -0.1) is 0 Å². The first kappa shape index (κ1) is 17.7. The van der Waals surface area contributed by atoms with Crippen LogP contribution in [0, 0.1) is 0 Å². The van der Waals surface area contributed by atoms with E-state index in [0.717, 1.165) is 0 Å². The second-order valence-electron chi connectivity index (χ2n) is 5.44. The number of halogens is 2. The van der Waals surface area contributed by atoms with E-state index in [1.54, 1.807) is 30.3 Å². The second-order valence-corrected chi connectivity index (χ2v) is 5.44. The zero-order valence-electron chi connectivity index (χ0n) is 14.1. The topological polar surface area (TPSA) is 54.0 Å². The van der Waals surface area contributed by atoms with Crippen LogP contribution in [-0.2, 0) is 0 Å². The highest BCUT2D eigenvalue weighted by atomic mass is 19.3. The maximum atomic E-state index is 12.7. The van der Waals surface area contributed by atoms with Crippen molar-refractivity contribution in [1.29, 1.82) is 0 Å². The van der Waals surface area contributed by atoms with Gasteiger partial charge < -0.3 is 18.9 Å².